The smallest absolute Gasteiger partial charge is 0.269 e. The summed E-state index contributed by atoms with van der Waals surface area (Å²) in [5.41, 5.74) is 0.0807. The van der Waals surface area contributed by atoms with E-state index in [2.05, 4.69) is 10.1 Å². The molecule has 0 unspecified atom stereocenters. The molecule has 0 N–H and O–H groups in total. The summed E-state index contributed by atoms with van der Waals surface area (Å²) in [4.78, 5) is 16.4. The number of nitro benzene ring substituents is 1. The minimum atomic E-state index is -0.417. The van der Waals surface area contributed by atoms with Gasteiger partial charge in [0.15, 0.2) is 0 Å². The maximum Gasteiger partial charge on any atom is 0.269 e. The molecule has 0 aliphatic heterocycles. The minimum Gasteiger partial charge on any atom is -0.338 e. The van der Waals surface area contributed by atoms with E-state index in [1.54, 1.807) is 23.5 Å². The summed E-state index contributed by atoms with van der Waals surface area (Å²) in [5.74, 6) is 1.64. The number of hydrogen-bond donors (Lipinski definition) is 0. The van der Waals surface area contributed by atoms with Crippen molar-refractivity contribution in [1.29, 1.82) is 0 Å². The van der Waals surface area contributed by atoms with Gasteiger partial charge in [-0.05, 0) is 23.6 Å². The molecule has 3 aromatic rings. The lowest BCUT2D eigenvalue weighted by molar-refractivity contribution is -0.384. The number of thiophene rings is 1. The number of nitrogens with zero attached hydrogens (tertiary/aromatic N) is 3. The molecular weight excluding hydrogens is 310 g/mol. The summed E-state index contributed by atoms with van der Waals surface area (Å²) in [6.07, 6.45) is 0. The molecule has 21 heavy (non-hydrogen) atoms. The quantitative estimate of drug-likeness (QED) is 0.401. The van der Waals surface area contributed by atoms with Crippen molar-refractivity contribution in [3.8, 4) is 10.7 Å². The van der Waals surface area contributed by atoms with Gasteiger partial charge in [-0.25, -0.2) is 0 Å². The van der Waals surface area contributed by atoms with E-state index in [0.717, 1.165) is 9.77 Å². The first-order valence-corrected chi connectivity index (χ1v) is 7.82. The summed E-state index contributed by atoms with van der Waals surface area (Å²) in [5, 5.41) is 16.5. The minimum absolute atomic E-state index is 0.0807. The van der Waals surface area contributed by atoms with E-state index in [-0.39, 0.29) is 5.69 Å². The van der Waals surface area contributed by atoms with Gasteiger partial charge in [-0.3, -0.25) is 10.1 Å². The topological polar surface area (TPSA) is 82.1 Å². The molecule has 2 aromatic heterocycles. The van der Waals surface area contributed by atoms with Crippen LogP contribution in [0.15, 0.2) is 51.2 Å². The highest BCUT2D eigenvalue weighted by Crippen LogP contribution is 2.26. The zero-order valence-corrected chi connectivity index (χ0v) is 12.3. The summed E-state index contributed by atoms with van der Waals surface area (Å²) < 4.78 is 5.19. The van der Waals surface area contributed by atoms with E-state index in [1.807, 2.05) is 17.5 Å². The number of rotatable bonds is 5. The number of thioether (sulfide) groups is 1. The molecule has 0 fully saturated rings. The Hall–Kier alpha value is -2.19. The van der Waals surface area contributed by atoms with Gasteiger partial charge in [-0.2, -0.15) is 4.98 Å². The Bertz CT molecular complexity index is 738. The molecule has 0 bridgehead atoms. The maximum atomic E-state index is 10.6. The van der Waals surface area contributed by atoms with Crippen molar-refractivity contribution in [2.24, 2.45) is 0 Å². The normalized spacial score (nSPS) is 10.7. The first-order valence-electron chi connectivity index (χ1n) is 5.96. The van der Waals surface area contributed by atoms with Gasteiger partial charge in [0.25, 0.3) is 5.69 Å². The Morgan fingerprint density at radius 1 is 1.29 bits per heavy atom. The van der Waals surface area contributed by atoms with Crippen molar-refractivity contribution in [2.45, 2.75) is 10.6 Å². The monoisotopic (exact) mass is 319 g/mol. The van der Waals surface area contributed by atoms with Crippen LogP contribution in [0, 0.1) is 10.1 Å². The first kappa shape index (κ1) is 13.8. The molecule has 0 aliphatic rings. The Morgan fingerprint density at radius 3 is 2.76 bits per heavy atom. The molecule has 8 heteroatoms. The fourth-order valence-corrected chi connectivity index (χ4v) is 3.01. The van der Waals surface area contributed by atoms with Gasteiger partial charge in [-0.1, -0.05) is 11.2 Å². The molecule has 0 aliphatic carbocycles. The van der Waals surface area contributed by atoms with Crippen LogP contribution < -0.4 is 0 Å². The number of non-ortho nitro benzene ring substituents is 1. The molecule has 106 valence electrons. The highest BCUT2D eigenvalue weighted by Gasteiger charge is 2.10. The molecule has 0 atom stereocenters. The van der Waals surface area contributed by atoms with E-state index in [1.165, 1.54) is 23.9 Å². The van der Waals surface area contributed by atoms with Gasteiger partial charge in [0.2, 0.25) is 11.7 Å². The van der Waals surface area contributed by atoms with E-state index in [9.17, 15) is 10.1 Å². The lowest BCUT2D eigenvalue weighted by atomic mass is 10.3. The molecular formula is C13H9N3O3S2. The summed E-state index contributed by atoms with van der Waals surface area (Å²) >= 11 is 3.04. The SMILES string of the molecule is O=[N+]([O-])c1ccc(SCc2nc(-c3cccs3)no2)cc1. The van der Waals surface area contributed by atoms with Crippen LogP contribution in [0.5, 0.6) is 0 Å². The third-order valence-corrected chi connectivity index (χ3v) is 4.48. The Labute approximate surface area is 128 Å². The van der Waals surface area contributed by atoms with Gasteiger partial charge in [0.05, 0.1) is 15.6 Å². The van der Waals surface area contributed by atoms with Crippen LogP contribution >= 0.6 is 23.1 Å². The van der Waals surface area contributed by atoms with Crippen molar-refractivity contribution < 1.29 is 9.45 Å². The highest BCUT2D eigenvalue weighted by atomic mass is 32.2. The highest BCUT2D eigenvalue weighted by molar-refractivity contribution is 7.98. The molecule has 2 heterocycles. The molecule has 1 aromatic carbocycles. The average molecular weight is 319 g/mol. The van der Waals surface area contributed by atoms with Gasteiger partial charge >= 0.3 is 0 Å². The van der Waals surface area contributed by atoms with Gasteiger partial charge in [-0.15, -0.1) is 23.1 Å². The molecule has 0 spiro atoms. The molecule has 0 radical (unpaired) electrons. The number of benzene rings is 1. The summed E-state index contributed by atoms with van der Waals surface area (Å²) in [6, 6.07) is 10.2. The second-order valence-corrected chi connectivity index (χ2v) is 6.03. The lowest BCUT2D eigenvalue weighted by Gasteiger charge is -1.97. The first-order chi connectivity index (χ1) is 10.2. The molecule has 6 nitrogen and oxygen atoms in total. The van der Waals surface area contributed by atoms with Crippen LogP contribution in [0.1, 0.15) is 5.89 Å². The van der Waals surface area contributed by atoms with Crippen LogP contribution in [0.3, 0.4) is 0 Å². The van der Waals surface area contributed by atoms with Crippen LogP contribution in [0.2, 0.25) is 0 Å². The van der Waals surface area contributed by atoms with Crippen molar-refractivity contribution in [3.05, 3.63) is 57.8 Å². The Balaban J connectivity index is 1.64. The summed E-state index contributed by atoms with van der Waals surface area (Å²) in [6.45, 7) is 0. The van der Waals surface area contributed by atoms with Gasteiger partial charge in [0, 0.05) is 17.0 Å². The van der Waals surface area contributed by atoms with Crippen molar-refractivity contribution >= 4 is 28.8 Å². The Kier molecular flexibility index (Phi) is 3.98. The largest absolute Gasteiger partial charge is 0.338 e. The fraction of sp³-hybridized carbons (Fsp3) is 0.0769. The van der Waals surface area contributed by atoms with Crippen LogP contribution in [-0.2, 0) is 5.75 Å². The number of aromatic nitrogens is 2. The summed E-state index contributed by atoms with van der Waals surface area (Å²) in [7, 11) is 0. The maximum absolute atomic E-state index is 10.6. The zero-order valence-electron chi connectivity index (χ0n) is 10.6. The van der Waals surface area contributed by atoms with Gasteiger partial charge < -0.3 is 4.52 Å². The van der Waals surface area contributed by atoms with Crippen LogP contribution in [0.4, 0.5) is 5.69 Å². The molecule has 0 saturated heterocycles. The zero-order chi connectivity index (χ0) is 14.7. The van der Waals surface area contributed by atoms with Crippen molar-refractivity contribution in [1.82, 2.24) is 10.1 Å². The average Bonchev–Trinajstić information content (AvgIpc) is 3.16. The molecule has 0 amide bonds. The predicted molar refractivity (Wildman–Crippen MR) is 80.3 cm³/mol. The molecule has 3 rings (SSSR count). The fourth-order valence-electron chi connectivity index (χ4n) is 1.63. The lowest BCUT2D eigenvalue weighted by Crippen LogP contribution is -1.87. The molecule has 0 saturated carbocycles. The van der Waals surface area contributed by atoms with E-state index in [0.29, 0.717) is 17.5 Å². The van der Waals surface area contributed by atoms with Crippen LogP contribution in [0.25, 0.3) is 10.7 Å². The van der Waals surface area contributed by atoms with E-state index >= 15 is 0 Å². The third kappa shape index (κ3) is 3.29. The predicted octanol–water partition coefficient (Wildman–Crippen LogP) is 4.00. The Morgan fingerprint density at radius 2 is 2.10 bits per heavy atom. The standard InChI is InChI=1S/C13H9N3O3S2/c17-16(18)9-3-5-10(6-4-9)21-8-12-14-13(15-19-12)11-2-1-7-20-11/h1-7H,8H2. The van der Waals surface area contributed by atoms with Crippen LogP contribution in [-0.4, -0.2) is 15.1 Å². The third-order valence-electron chi connectivity index (χ3n) is 2.62. The van der Waals surface area contributed by atoms with Gasteiger partial charge in [0.1, 0.15) is 0 Å². The van der Waals surface area contributed by atoms with Crippen molar-refractivity contribution in [3.63, 3.8) is 0 Å². The number of hydrogen-bond acceptors (Lipinski definition) is 7. The second-order valence-electron chi connectivity index (χ2n) is 4.03. The van der Waals surface area contributed by atoms with Crippen molar-refractivity contribution in [2.75, 3.05) is 0 Å². The second kappa shape index (κ2) is 6.06. The van der Waals surface area contributed by atoms with E-state index in [4.69, 9.17) is 4.52 Å². The number of nitro groups is 1. The van der Waals surface area contributed by atoms with E-state index < -0.39 is 4.92 Å².